The van der Waals surface area contributed by atoms with Crippen LogP contribution >= 0.6 is 0 Å². The molecule has 10 nitrogen and oxygen atoms in total. The monoisotopic (exact) mass is 482 g/mol. The number of rotatable bonds is 4. The van der Waals surface area contributed by atoms with Crippen molar-refractivity contribution in [1.82, 2.24) is 0 Å². The van der Waals surface area contributed by atoms with Gasteiger partial charge in [0.1, 0.15) is 31.7 Å². The van der Waals surface area contributed by atoms with Gasteiger partial charge in [0, 0.05) is 5.39 Å². The standard InChI is InChI=1S/C17H14N2O8S2.2Na/c1-9-7-10(28(22,23)24)5-6-12(9)18-19-13-8-15(29(25,26)27)11-3-2-4-14(20)16(11)17(13)21;;/h2-8,20-21H,1H3,(H,22,23,24)(H,25,26,27);;/q;2*+1/p-2. The summed E-state index contributed by atoms with van der Waals surface area (Å²) in [6.45, 7) is 1.46. The molecule has 0 aromatic heterocycles. The first-order valence-corrected chi connectivity index (χ1v) is 10.6. The number of nitrogens with zero attached hydrogens (tertiary/aromatic N) is 2. The molecule has 0 amide bonds. The molecule has 3 aromatic carbocycles. The van der Waals surface area contributed by atoms with Gasteiger partial charge in [-0.05, 0) is 42.8 Å². The Bertz CT molecular complexity index is 1390. The van der Waals surface area contributed by atoms with E-state index in [1.807, 2.05) is 0 Å². The van der Waals surface area contributed by atoms with Crippen molar-refractivity contribution in [1.29, 1.82) is 0 Å². The summed E-state index contributed by atoms with van der Waals surface area (Å²) >= 11 is 0. The first-order valence-electron chi connectivity index (χ1n) is 7.81. The summed E-state index contributed by atoms with van der Waals surface area (Å²) in [6, 6.07) is 7.85. The van der Waals surface area contributed by atoms with E-state index in [0.717, 1.165) is 18.2 Å². The fourth-order valence-electron chi connectivity index (χ4n) is 2.68. The second-order valence-corrected chi connectivity index (χ2v) is 8.73. The zero-order valence-corrected chi connectivity index (χ0v) is 22.2. The van der Waals surface area contributed by atoms with Crippen LogP contribution in [0.3, 0.4) is 0 Å². The number of phenolic OH excluding ortho intramolecular Hbond substituents is 2. The van der Waals surface area contributed by atoms with Crippen LogP contribution in [0.25, 0.3) is 10.8 Å². The Kier molecular flexibility index (Phi) is 9.25. The normalized spacial score (nSPS) is 11.8. The first-order chi connectivity index (χ1) is 13.4. The maximum absolute atomic E-state index is 11.6. The predicted molar refractivity (Wildman–Crippen MR) is 98.6 cm³/mol. The average Bonchev–Trinajstić information content (AvgIpc) is 2.60. The quantitative estimate of drug-likeness (QED) is 0.221. The van der Waals surface area contributed by atoms with E-state index in [1.54, 1.807) is 0 Å². The van der Waals surface area contributed by atoms with Gasteiger partial charge in [-0.3, -0.25) is 0 Å². The van der Waals surface area contributed by atoms with Crippen molar-refractivity contribution in [3.8, 4) is 11.5 Å². The van der Waals surface area contributed by atoms with Gasteiger partial charge in [0.15, 0.2) is 5.75 Å². The minimum Gasteiger partial charge on any atom is -0.744 e. The molecule has 152 valence electrons. The van der Waals surface area contributed by atoms with Gasteiger partial charge < -0.3 is 19.3 Å². The summed E-state index contributed by atoms with van der Waals surface area (Å²) in [4.78, 5) is -1.17. The number of aryl methyl sites for hydroxylation is 1. The molecule has 0 fully saturated rings. The van der Waals surface area contributed by atoms with Crippen molar-refractivity contribution in [2.75, 3.05) is 0 Å². The Labute approximate surface area is 222 Å². The number of aromatic hydroxyl groups is 2. The van der Waals surface area contributed by atoms with Crippen LogP contribution in [0.1, 0.15) is 5.56 Å². The molecule has 3 rings (SSSR count). The van der Waals surface area contributed by atoms with Crippen molar-refractivity contribution in [2.45, 2.75) is 16.7 Å². The van der Waals surface area contributed by atoms with E-state index in [4.69, 9.17) is 0 Å². The fourth-order valence-corrected chi connectivity index (χ4v) is 3.93. The molecule has 0 saturated carbocycles. The molecule has 2 N–H and O–H groups in total. The molecular weight excluding hydrogens is 470 g/mol. The van der Waals surface area contributed by atoms with E-state index in [0.29, 0.717) is 0 Å². The smallest absolute Gasteiger partial charge is 0.744 e. The van der Waals surface area contributed by atoms with Crippen LogP contribution in [0.4, 0.5) is 11.4 Å². The van der Waals surface area contributed by atoms with E-state index >= 15 is 0 Å². The SMILES string of the molecule is Cc1cc(S(=O)(=O)[O-])ccc1N=Nc1cc(S(=O)(=O)[O-])c2cccc(O)c2c1O.[Na+].[Na+]. The van der Waals surface area contributed by atoms with Gasteiger partial charge in [-0.2, -0.15) is 5.11 Å². The minimum atomic E-state index is -4.97. The maximum Gasteiger partial charge on any atom is 1.00 e. The maximum atomic E-state index is 11.6. The summed E-state index contributed by atoms with van der Waals surface area (Å²) in [7, 11) is -9.63. The molecule has 0 atom stereocenters. The zero-order valence-electron chi connectivity index (χ0n) is 16.6. The van der Waals surface area contributed by atoms with Crippen molar-refractivity contribution in [2.24, 2.45) is 10.2 Å². The van der Waals surface area contributed by atoms with Crippen molar-refractivity contribution in [3.05, 3.63) is 48.0 Å². The first kappa shape index (κ1) is 28.0. The Morgan fingerprint density at radius 3 is 2.00 bits per heavy atom. The van der Waals surface area contributed by atoms with Gasteiger partial charge in [-0.15, -0.1) is 5.11 Å². The number of azo groups is 1. The Balaban J connectivity index is 0.00000240. The van der Waals surface area contributed by atoms with E-state index in [-0.39, 0.29) is 81.1 Å². The molecule has 0 aliphatic carbocycles. The second-order valence-electron chi connectivity index (χ2n) is 6.00. The molecule has 0 heterocycles. The van der Waals surface area contributed by atoms with Gasteiger partial charge in [-0.25, -0.2) is 16.8 Å². The van der Waals surface area contributed by atoms with Gasteiger partial charge in [0.05, 0.1) is 20.9 Å². The molecule has 0 saturated heterocycles. The third kappa shape index (κ3) is 6.05. The molecule has 0 radical (unpaired) electrons. The van der Waals surface area contributed by atoms with E-state index < -0.39 is 47.2 Å². The third-order valence-electron chi connectivity index (χ3n) is 4.05. The van der Waals surface area contributed by atoms with Crippen LogP contribution in [0.2, 0.25) is 0 Å². The minimum absolute atomic E-state index is 0. The molecule has 0 aliphatic rings. The summed E-state index contributed by atoms with van der Waals surface area (Å²) in [5.74, 6) is -1.08. The Morgan fingerprint density at radius 2 is 1.45 bits per heavy atom. The number of hydrogen-bond donors (Lipinski definition) is 2. The van der Waals surface area contributed by atoms with Crippen LogP contribution in [-0.4, -0.2) is 36.2 Å². The summed E-state index contributed by atoms with van der Waals surface area (Å²) in [6.07, 6.45) is 0. The fraction of sp³-hybridized carbons (Fsp3) is 0.0588. The van der Waals surface area contributed by atoms with Gasteiger partial charge >= 0.3 is 59.1 Å². The van der Waals surface area contributed by atoms with Gasteiger partial charge in [-0.1, -0.05) is 12.1 Å². The molecule has 0 spiro atoms. The predicted octanol–water partition coefficient (Wildman–Crippen LogP) is -3.21. The van der Waals surface area contributed by atoms with E-state index in [1.165, 1.54) is 31.2 Å². The number of hydrogen-bond acceptors (Lipinski definition) is 10. The molecular formula is C17H12N2Na2O8S2. The molecule has 0 bridgehead atoms. The molecule has 0 aliphatic heterocycles. The average molecular weight is 482 g/mol. The summed E-state index contributed by atoms with van der Waals surface area (Å²) in [5.41, 5.74) is -0.0143. The largest absolute Gasteiger partial charge is 1.00 e. The number of benzene rings is 3. The molecule has 14 heteroatoms. The third-order valence-corrected chi connectivity index (χ3v) is 5.75. The molecule has 0 unspecified atom stereocenters. The summed E-state index contributed by atoms with van der Waals surface area (Å²) < 4.78 is 68.0. The number of fused-ring (bicyclic) bond motifs is 1. The summed E-state index contributed by atoms with van der Waals surface area (Å²) in [5, 5.41) is 27.4. The van der Waals surface area contributed by atoms with E-state index in [9.17, 15) is 36.2 Å². The Morgan fingerprint density at radius 1 is 0.839 bits per heavy atom. The second kappa shape index (κ2) is 10.3. The van der Waals surface area contributed by atoms with Crippen molar-refractivity contribution in [3.63, 3.8) is 0 Å². The topological polar surface area (TPSA) is 180 Å². The van der Waals surface area contributed by atoms with Crippen molar-refractivity contribution >= 4 is 42.4 Å². The van der Waals surface area contributed by atoms with Crippen LogP contribution in [0, 0.1) is 6.92 Å². The van der Waals surface area contributed by atoms with Crippen LogP contribution in [0.15, 0.2) is 62.5 Å². The van der Waals surface area contributed by atoms with Crippen LogP contribution in [-0.2, 0) is 20.2 Å². The Hall–Kier alpha value is -1.06. The number of phenols is 2. The molecule has 31 heavy (non-hydrogen) atoms. The molecule has 3 aromatic rings. The van der Waals surface area contributed by atoms with Gasteiger partial charge in [0.25, 0.3) is 0 Å². The van der Waals surface area contributed by atoms with Crippen LogP contribution in [0.5, 0.6) is 11.5 Å². The van der Waals surface area contributed by atoms with Crippen LogP contribution < -0.4 is 59.1 Å². The van der Waals surface area contributed by atoms with Gasteiger partial charge in [0.2, 0.25) is 0 Å². The zero-order chi connectivity index (χ0) is 21.6. The van der Waals surface area contributed by atoms with E-state index in [2.05, 4.69) is 10.2 Å². The van der Waals surface area contributed by atoms with Crippen molar-refractivity contribution < 1.29 is 95.3 Å².